The van der Waals surface area contributed by atoms with Crippen LogP contribution in [0.3, 0.4) is 0 Å². The Morgan fingerprint density at radius 2 is 1.93 bits per heavy atom. The van der Waals surface area contributed by atoms with Crippen LogP contribution in [0.1, 0.15) is 5.56 Å². The van der Waals surface area contributed by atoms with E-state index in [4.69, 9.17) is 10.0 Å². The van der Waals surface area contributed by atoms with Crippen molar-refractivity contribution in [2.45, 2.75) is 6.18 Å². The molecule has 0 aliphatic heterocycles. The molecule has 0 bridgehead atoms. The molecule has 0 atom stereocenters. The molecule has 4 nitrogen and oxygen atoms in total. The second-order valence-electron chi connectivity index (χ2n) is 2.33. The maximum atomic E-state index is 12.0. The smallest absolute Gasteiger partial charge is 0.498 e. The molecule has 1 aromatic heterocycles. The normalized spacial score (nSPS) is 11.2. The highest BCUT2D eigenvalue weighted by molar-refractivity contribution is 6.33. The van der Waals surface area contributed by atoms with Crippen molar-refractivity contribution in [1.29, 1.82) is 0 Å². The van der Waals surface area contributed by atoms with E-state index in [-0.39, 0.29) is 5.88 Å². The lowest BCUT2D eigenvalue weighted by molar-refractivity contribution is -0.137. The van der Waals surface area contributed by atoms with Crippen LogP contribution in [0.25, 0.3) is 0 Å². The highest BCUT2D eigenvalue weighted by Crippen LogP contribution is 2.29. The summed E-state index contributed by atoms with van der Waals surface area (Å²) < 4.78 is 40.2. The van der Waals surface area contributed by atoms with Gasteiger partial charge in [-0.2, -0.15) is 13.2 Å². The number of aromatic nitrogens is 1. The minimum Gasteiger partial charge on any atom is -0.498 e. The molecule has 1 aromatic rings. The Morgan fingerprint density at radius 1 is 1.29 bits per heavy atom. The van der Waals surface area contributed by atoms with Crippen LogP contribution in [0.4, 0.5) is 13.2 Å². The average Bonchev–Trinajstić information content (AvgIpc) is 2.02. The summed E-state index contributed by atoms with van der Waals surface area (Å²) in [6, 6.07) is 1.62. The predicted molar refractivity (Wildman–Crippen MR) is 40.1 cm³/mol. The fraction of sp³-hybridized carbons (Fsp3) is 0.167. The minimum atomic E-state index is -4.47. The van der Waals surface area contributed by atoms with Gasteiger partial charge in [-0.05, 0) is 12.1 Å². The van der Waals surface area contributed by atoms with Crippen LogP contribution in [0.15, 0.2) is 18.3 Å². The lowest BCUT2D eigenvalue weighted by Gasteiger charge is -2.07. The number of rotatable bonds is 2. The Hall–Kier alpha value is -1.28. The first-order chi connectivity index (χ1) is 6.39. The zero-order valence-corrected chi connectivity index (χ0v) is 6.69. The molecule has 0 aromatic carbocycles. The lowest BCUT2D eigenvalue weighted by Crippen LogP contribution is -2.21. The second-order valence-corrected chi connectivity index (χ2v) is 2.33. The predicted octanol–water partition coefficient (Wildman–Crippen LogP) is 0.449. The highest BCUT2D eigenvalue weighted by atomic mass is 19.4. The summed E-state index contributed by atoms with van der Waals surface area (Å²) in [5.41, 5.74) is -0.933. The molecule has 8 heteroatoms. The molecule has 0 aliphatic carbocycles. The summed E-state index contributed by atoms with van der Waals surface area (Å²) in [7, 11) is -2.10. The van der Waals surface area contributed by atoms with E-state index in [2.05, 4.69) is 9.64 Å². The van der Waals surface area contributed by atoms with Gasteiger partial charge < -0.3 is 14.7 Å². The molecular formula is C6H5BF3NO3. The SMILES string of the molecule is OB(O)Oc1ccc(C(F)(F)F)cn1. The standard InChI is InChI=1S/C6H5BF3NO3/c8-6(9,10)4-1-2-5(11-3-4)14-7(12)13/h1-3,12-13H. The van der Waals surface area contributed by atoms with Crippen molar-refractivity contribution in [2.75, 3.05) is 0 Å². The summed E-state index contributed by atoms with van der Waals surface area (Å²) in [6.07, 6.45) is -3.93. The highest BCUT2D eigenvalue weighted by Gasteiger charge is 2.30. The molecule has 0 spiro atoms. The Balaban J connectivity index is 2.79. The van der Waals surface area contributed by atoms with Crippen molar-refractivity contribution >= 4 is 7.32 Å². The monoisotopic (exact) mass is 207 g/mol. The first kappa shape index (κ1) is 10.8. The van der Waals surface area contributed by atoms with Crippen LogP contribution in [0.5, 0.6) is 5.88 Å². The van der Waals surface area contributed by atoms with Gasteiger partial charge in [-0.15, -0.1) is 0 Å². The van der Waals surface area contributed by atoms with E-state index >= 15 is 0 Å². The van der Waals surface area contributed by atoms with Gasteiger partial charge in [0, 0.05) is 6.20 Å². The van der Waals surface area contributed by atoms with Crippen LogP contribution < -0.4 is 4.65 Å². The van der Waals surface area contributed by atoms with Crippen LogP contribution in [-0.4, -0.2) is 22.4 Å². The van der Waals surface area contributed by atoms with Gasteiger partial charge in [0.05, 0.1) is 5.56 Å². The van der Waals surface area contributed by atoms with Crippen molar-refractivity contribution < 1.29 is 27.9 Å². The third-order valence-corrected chi connectivity index (χ3v) is 1.29. The lowest BCUT2D eigenvalue weighted by atomic mass is 10.2. The molecule has 0 saturated carbocycles. The third-order valence-electron chi connectivity index (χ3n) is 1.29. The van der Waals surface area contributed by atoms with E-state index in [0.717, 1.165) is 12.1 Å². The summed E-state index contributed by atoms with van der Waals surface area (Å²) in [5, 5.41) is 16.6. The molecule has 0 amide bonds. The van der Waals surface area contributed by atoms with E-state index in [1.165, 1.54) is 0 Å². The first-order valence-electron chi connectivity index (χ1n) is 3.45. The van der Waals surface area contributed by atoms with Crippen molar-refractivity contribution in [3.8, 4) is 5.88 Å². The van der Waals surface area contributed by atoms with Gasteiger partial charge in [-0.25, -0.2) is 4.98 Å². The topological polar surface area (TPSA) is 62.6 Å². The van der Waals surface area contributed by atoms with Crippen LogP contribution in [0.2, 0.25) is 0 Å². The van der Waals surface area contributed by atoms with Crippen molar-refractivity contribution in [1.82, 2.24) is 4.98 Å². The second kappa shape index (κ2) is 3.85. The number of hydrogen-bond acceptors (Lipinski definition) is 4. The summed E-state index contributed by atoms with van der Waals surface area (Å²) in [6.45, 7) is 0. The minimum absolute atomic E-state index is 0.298. The fourth-order valence-corrected chi connectivity index (χ4v) is 0.726. The quantitative estimate of drug-likeness (QED) is 0.691. The molecule has 1 heterocycles. The Morgan fingerprint density at radius 3 is 2.29 bits per heavy atom. The van der Waals surface area contributed by atoms with Gasteiger partial charge >= 0.3 is 13.5 Å². The third kappa shape index (κ3) is 2.89. The molecule has 0 saturated heterocycles. The Labute approximate surface area is 77.1 Å². The molecule has 0 unspecified atom stereocenters. The van der Waals surface area contributed by atoms with E-state index < -0.39 is 19.1 Å². The molecule has 2 N–H and O–H groups in total. The van der Waals surface area contributed by atoms with Gasteiger partial charge in [0.2, 0.25) is 0 Å². The molecule has 76 valence electrons. The van der Waals surface area contributed by atoms with Gasteiger partial charge in [0.25, 0.3) is 0 Å². The van der Waals surface area contributed by atoms with Crippen LogP contribution in [0, 0.1) is 0 Å². The van der Waals surface area contributed by atoms with E-state index in [0.29, 0.717) is 6.20 Å². The van der Waals surface area contributed by atoms with E-state index in [9.17, 15) is 13.2 Å². The molecular weight excluding hydrogens is 202 g/mol. The number of nitrogens with zero attached hydrogens (tertiary/aromatic N) is 1. The summed E-state index contributed by atoms with van der Waals surface area (Å²) >= 11 is 0. The zero-order valence-electron chi connectivity index (χ0n) is 6.69. The van der Waals surface area contributed by atoms with Gasteiger partial charge in [-0.3, -0.25) is 0 Å². The number of pyridine rings is 1. The van der Waals surface area contributed by atoms with Crippen LogP contribution >= 0.6 is 0 Å². The number of alkyl halides is 3. The van der Waals surface area contributed by atoms with Gasteiger partial charge in [0.1, 0.15) is 0 Å². The maximum Gasteiger partial charge on any atom is 0.708 e. The fourth-order valence-electron chi connectivity index (χ4n) is 0.726. The number of halogens is 3. The van der Waals surface area contributed by atoms with Crippen molar-refractivity contribution in [3.05, 3.63) is 23.9 Å². The molecule has 14 heavy (non-hydrogen) atoms. The first-order valence-corrected chi connectivity index (χ1v) is 3.45. The number of hydrogen-bond donors (Lipinski definition) is 2. The Kier molecular flexibility index (Phi) is 2.97. The van der Waals surface area contributed by atoms with Gasteiger partial charge in [-0.1, -0.05) is 0 Å². The average molecular weight is 207 g/mol. The maximum absolute atomic E-state index is 12.0. The van der Waals surface area contributed by atoms with Crippen molar-refractivity contribution in [2.24, 2.45) is 0 Å². The van der Waals surface area contributed by atoms with Crippen molar-refractivity contribution in [3.63, 3.8) is 0 Å². The van der Waals surface area contributed by atoms with E-state index in [1.54, 1.807) is 0 Å². The summed E-state index contributed by atoms with van der Waals surface area (Å²) in [4.78, 5) is 3.22. The van der Waals surface area contributed by atoms with Crippen LogP contribution in [-0.2, 0) is 6.18 Å². The van der Waals surface area contributed by atoms with Gasteiger partial charge in [0.15, 0.2) is 5.88 Å². The molecule has 0 radical (unpaired) electrons. The zero-order chi connectivity index (χ0) is 10.8. The van der Waals surface area contributed by atoms with E-state index in [1.807, 2.05) is 0 Å². The molecule has 0 fully saturated rings. The molecule has 1 rings (SSSR count). The summed E-state index contributed by atoms with van der Waals surface area (Å²) in [5.74, 6) is -0.298. The molecule has 0 aliphatic rings. The largest absolute Gasteiger partial charge is 0.708 e. The Bertz CT molecular complexity index is 300.